The van der Waals surface area contributed by atoms with Gasteiger partial charge in [0.25, 0.3) is 0 Å². The van der Waals surface area contributed by atoms with Gasteiger partial charge in [-0.1, -0.05) is 18.6 Å². The topological polar surface area (TPSA) is 32.3 Å². The molecule has 0 atom stereocenters. The van der Waals surface area contributed by atoms with E-state index in [1.165, 1.54) is 29.7 Å². The van der Waals surface area contributed by atoms with Crippen LogP contribution in [-0.2, 0) is 17.8 Å². The summed E-state index contributed by atoms with van der Waals surface area (Å²) < 4.78 is 0. The lowest BCUT2D eigenvalue weighted by Crippen LogP contribution is -2.34. The highest BCUT2D eigenvalue weighted by molar-refractivity contribution is 5.79. The van der Waals surface area contributed by atoms with Crippen molar-refractivity contribution in [2.24, 2.45) is 5.92 Å². The molecular weight excluding hydrogens is 236 g/mol. The van der Waals surface area contributed by atoms with E-state index < -0.39 is 0 Å². The Labute approximate surface area is 115 Å². The Hall–Kier alpha value is -1.51. The fourth-order valence-electron chi connectivity index (χ4n) is 2.95. The van der Waals surface area contributed by atoms with Crippen LogP contribution in [0.1, 0.15) is 36.8 Å². The molecule has 102 valence electrons. The van der Waals surface area contributed by atoms with E-state index >= 15 is 0 Å². The molecule has 1 aliphatic heterocycles. The number of hydrogen-bond donors (Lipinski definition) is 1. The van der Waals surface area contributed by atoms with Gasteiger partial charge in [0.1, 0.15) is 0 Å². The van der Waals surface area contributed by atoms with Crippen molar-refractivity contribution in [3.8, 4) is 0 Å². The summed E-state index contributed by atoms with van der Waals surface area (Å²) in [7, 11) is 2.15. The van der Waals surface area contributed by atoms with E-state index in [9.17, 15) is 4.79 Å². The van der Waals surface area contributed by atoms with Gasteiger partial charge in [-0.25, -0.2) is 0 Å². The molecule has 1 fully saturated rings. The predicted molar refractivity (Wildman–Crippen MR) is 77.2 cm³/mol. The highest BCUT2D eigenvalue weighted by Crippen LogP contribution is 2.28. The minimum atomic E-state index is 0.237. The maximum Gasteiger partial charge on any atom is 0.223 e. The SMILES string of the molecule is CN1CCCc2cc(CNC(=O)C3CCC3)ccc21. The number of benzene rings is 1. The number of carbonyl (C=O) groups is 1. The lowest BCUT2D eigenvalue weighted by atomic mass is 9.85. The fraction of sp³-hybridized carbons (Fsp3) is 0.562. The average molecular weight is 258 g/mol. The third kappa shape index (κ3) is 2.60. The van der Waals surface area contributed by atoms with Crippen molar-refractivity contribution in [3.05, 3.63) is 29.3 Å². The fourth-order valence-corrected chi connectivity index (χ4v) is 2.95. The number of anilines is 1. The molecule has 1 N–H and O–H groups in total. The van der Waals surface area contributed by atoms with Crippen LogP contribution in [0.5, 0.6) is 0 Å². The molecule has 1 amide bonds. The second-order valence-corrected chi connectivity index (χ2v) is 5.83. The Morgan fingerprint density at radius 3 is 2.95 bits per heavy atom. The summed E-state index contributed by atoms with van der Waals surface area (Å²) in [4.78, 5) is 14.1. The van der Waals surface area contributed by atoms with Crippen molar-refractivity contribution >= 4 is 11.6 Å². The third-order valence-electron chi connectivity index (χ3n) is 4.44. The number of amides is 1. The van der Waals surface area contributed by atoms with Crippen molar-refractivity contribution < 1.29 is 4.79 Å². The van der Waals surface area contributed by atoms with Gasteiger partial charge in [0.2, 0.25) is 5.91 Å². The van der Waals surface area contributed by atoms with Gasteiger partial charge in [-0.05, 0) is 42.9 Å². The first kappa shape index (κ1) is 12.5. The van der Waals surface area contributed by atoms with Crippen molar-refractivity contribution in [1.29, 1.82) is 0 Å². The second-order valence-electron chi connectivity index (χ2n) is 5.83. The van der Waals surface area contributed by atoms with Crippen LogP contribution in [0.3, 0.4) is 0 Å². The van der Waals surface area contributed by atoms with Gasteiger partial charge >= 0.3 is 0 Å². The number of carbonyl (C=O) groups excluding carboxylic acids is 1. The number of hydrogen-bond acceptors (Lipinski definition) is 2. The van der Waals surface area contributed by atoms with E-state index in [2.05, 4.69) is 35.5 Å². The van der Waals surface area contributed by atoms with Crippen LogP contribution in [0, 0.1) is 5.92 Å². The van der Waals surface area contributed by atoms with Crippen LogP contribution in [0.2, 0.25) is 0 Å². The molecule has 1 aromatic carbocycles. The molecule has 1 aromatic rings. The van der Waals surface area contributed by atoms with Crippen molar-refractivity contribution in [1.82, 2.24) is 5.32 Å². The molecule has 1 saturated carbocycles. The van der Waals surface area contributed by atoms with Crippen LogP contribution in [0.4, 0.5) is 5.69 Å². The monoisotopic (exact) mass is 258 g/mol. The van der Waals surface area contributed by atoms with Gasteiger partial charge in [-0.2, -0.15) is 0 Å². The Balaban J connectivity index is 1.63. The second kappa shape index (κ2) is 5.24. The maximum absolute atomic E-state index is 11.8. The molecule has 0 radical (unpaired) electrons. The first-order valence-corrected chi connectivity index (χ1v) is 7.35. The smallest absolute Gasteiger partial charge is 0.223 e. The van der Waals surface area contributed by atoms with Gasteiger partial charge in [0, 0.05) is 31.7 Å². The average Bonchev–Trinajstić information content (AvgIpc) is 2.34. The Bertz CT molecular complexity index is 480. The number of fused-ring (bicyclic) bond motifs is 1. The maximum atomic E-state index is 11.8. The zero-order chi connectivity index (χ0) is 13.2. The summed E-state index contributed by atoms with van der Waals surface area (Å²) in [5.74, 6) is 0.518. The molecule has 3 rings (SSSR count). The zero-order valence-corrected chi connectivity index (χ0v) is 11.6. The van der Waals surface area contributed by atoms with Crippen LogP contribution < -0.4 is 10.2 Å². The number of aryl methyl sites for hydroxylation is 1. The molecule has 1 heterocycles. The Morgan fingerprint density at radius 1 is 1.37 bits per heavy atom. The first-order chi connectivity index (χ1) is 9.24. The summed E-state index contributed by atoms with van der Waals surface area (Å²) in [5.41, 5.74) is 3.99. The minimum absolute atomic E-state index is 0.237. The van der Waals surface area contributed by atoms with E-state index in [1.807, 2.05) is 0 Å². The van der Waals surface area contributed by atoms with E-state index in [-0.39, 0.29) is 11.8 Å². The molecule has 3 heteroatoms. The highest BCUT2D eigenvalue weighted by Gasteiger charge is 2.24. The third-order valence-corrected chi connectivity index (χ3v) is 4.44. The first-order valence-electron chi connectivity index (χ1n) is 7.35. The molecule has 0 spiro atoms. The van der Waals surface area contributed by atoms with Gasteiger partial charge in [0.15, 0.2) is 0 Å². The van der Waals surface area contributed by atoms with Crippen LogP contribution >= 0.6 is 0 Å². The Morgan fingerprint density at radius 2 is 2.21 bits per heavy atom. The largest absolute Gasteiger partial charge is 0.374 e. The van der Waals surface area contributed by atoms with Crippen LogP contribution in [-0.4, -0.2) is 19.5 Å². The minimum Gasteiger partial charge on any atom is -0.374 e. The van der Waals surface area contributed by atoms with Gasteiger partial charge in [-0.15, -0.1) is 0 Å². The molecule has 3 nitrogen and oxygen atoms in total. The van der Waals surface area contributed by atoms with Gasteiger partial charge in [0.05, 0.1) is 0 Å². The van der Waals surface area contributed by atoms with Crippen LogP contribution in [0.25, 0.3) is 0 Å². The molecule has 0 bridgehead atoms. The quantitative estimate of drug-likeness (QED) is 0.903. The van der Waals surface area contributed by atoms with Crippen molar-refractivity contribution in [3.63, 3.8) is 0 Å². The van der Waals surface area contributed by atoms with Crippen LogP contribution in [0.15, 0.2) is 18.2 Å². The molecule has 1 aliphatic carbocycles. The van der Waals surface area contributed by atoms with E-state index in [0.29, 0.717) is 6.54 Å². The standard InChI is InChI=1S/C16H22N2O/c1-18-9-3-6-14-10-12(7-8-15(14)18)11-17-16(19)13-4-2-5-13/h7-8,10,13H,2-6,9,11H2,1H3,(H,17,19). The normalized spacial score (nSPS) is 18.7. The summed E-state index contributed by atoms with van der Waals surface area (Å²) in [6, 6.07) is 6.59. The lowest BCUT2D eigenvalue weighted by Gasteiger charge is -2.28. The number of nitrogens with one attached hydrogen (secondary N) is 1. The summed E-state index contributed by atoms with van der Waals surface area (Å²) in [6.45, 7) is 1.82. The number of rotatable bonds is 3. The molecule has 0 aromatic heterocycles. The summed E-state index contributed by atoms with van der Waals surface area (Å²) in [6.07, 6.45) is 5.73. The highest BCUT2D eigenvalue weighted by atomic mass is 16.1. The van der Waals surface area contributed by atoms with Gasteiger partial charge in [-0.3, -0.25) is 4.79 Å². The molecule has 2 aliphatic rings. The molecule has 0 saturated heterocycles. The molecule has 19 heavy (non-hydrogen) atoms. The van der Waals surface area contributed by atoms with E-state index in [0.717, 1.165) is 25.8 Å². The van der Waals surface area contributed by atoms with Crippen molar-refractivity contribution in [2.45, 2.75) is 38.6 Å². The molecule has 0 unspecified atom stereocenters. The van der Waals surface area contributed by atoms with Crippen molar-refractivity contribution in [2.75, 3.05) is 18.5 Å². The predicted octanol–water partition coefficient (Wildman–Crippen LogP) is 2.49. The molecular formula is C16H22N2O. The Kier molecular flexibility index (Phi) is 3.45. The van der Waals surface area contributed by atoms with E-state index in [1.54, 1.807) is 0 Å². The zero-order valence-electron chi connectivity index (χ0n) is 11.6. The van der Waals surface area contributed by atoms with Gasteiger partial charge < -0.3 is 10.2 Å². The lowest BCUT2D eigenvalue weighted by molar-refractivity contribution is -0.127. The summed E-state index contributed by atoms with van der Waals surface area (Å²) >= 11 is 0. The van der Waals surface area contributed by atoms with E-state index in [4.69, 9.17) is 0 Å². The number of nitrogens with zero attached hydrogens (tertiary/aromatic N) is 1. The summed E-state index contributed by atoms with van der Waals surface area (Å²) in [5, 5.41) is 3.07.